The first kappa shape index (κ1) is 45.6. The number of carbonyl (C=O) groups excluding carboxylic acids is 3. The zero-order valence-corrected chi connectivity index (χ0v) is 35.1. The van der Waals surface area contributed by atoms with E-state index in [0.29, 0.717) is 12.8 Å². The lowest BCUT2D eigenvalue weighted by Crippen LogP contribution is -2.61. The number of nitrogens with two attached hydrogens (primary N) is 1. The van der Waals surface area contributed by atoms with Crippen molar-refractivity contribution in [1.29, 1.82) is 0 Å². The fourth-order valence-corrected chi connectivity index (χ4v) is 9.55. The quantitative estimate of drug-likeness (QED) is 0.278. The Balaban J connectivity index is 1.89. The Morgan fingerprint density at radius 2 is 1.58 bits per heavy atom. The van der Waals surface area contributed by atoms with E-state index in [4.69, 9.17) is 43.6 Å². The topological polar surface area (TPSA) is 207 Å². The highest BCUT2D eigenvalue weighted by Gasteiger charge is 2.58. The molecule has 318 valence electrons. The molecular weight excluding hydrogens is 718 g/mol. The number of nitrogens with one attached hydrogen (secondary N) is 1. The van der Waals surface area contributed by atoms with Crippen LogP contribution in [0.1, 0.15) is 101 Å². The van der Waals surface area contributed by atoms with Gasteiger partial charge in [0.15, 0.2) is 24.5 Å². The zero-order chi connectivity index (χ0) is 41.4. The van der Waals surface area contributed by atoms with Gasteiger partial charge in [0, 0.05) is 49.7 Å². The summed E-state index contributed by atoms with van der Waals surface area (Å²) in [5, 5.41) is 25.8. The maximum absolute atomic E-state index is 14.4. The third-order valence-electron chi connectivity index (χ3n) is 12.8. The minimum atomic E-state index is -1.56. The number of rotatable bonds is 8. The van der Waals surface area contributed by atoms with Gasteiger partial charge in [0.25, 0.3) is 0 Å². The smallest absolute Gasteiger partial charge is 0.408 e. The van der Waals surface area contributed by atoms with E-state index in [2.05, 4.69) is 10.2 Å². The van der Waals surface area contributed by atoms with Crippen molar-refractivity contribution in [2.75, 3.05) is 21.2 Å². The van der Waals surface area contributed by atoms with Crippen LogP contribution in [0.25, 0.3) is 0 Å². The summed E-state index contributed by atoms with van der Waals surface area (Å²) in [5.74, 6) is -3.28. The normalized spacial score (nSPS) is 47.7. The largest absolute Gasteiger partial charge is 0.441 e. The number of primary amides is 1. The molecule has 4 rings (SSSR count). The van der Waals surface area contributed by atoms with Gasteiger partial charge in [-0.25, -0.2) is 9.59 Å². The average Bonchev–Trinajstić information content (AvgIpc) is 3.42. The minimum Gasteiger partial charge on any atom is -0.441 e. The van der Waals surface area contributed by atoms with Crippen LogP contribution in [0, 0.1) is 23.7 Å². The second kappa shape index (κ2) is 17.8. The van der Waals surface area contributed by atoms with Crippen LogP contribution in [0.5, 0.6) is 0 Å². The summed E-state index contributed by atoms with van der Waals surface area (Å²) >= 11 is 0. The molecule has 4 saturated heterocycles. The molecule has 0 aliphatic carbocycles. The number of fused-ring (bicyclic) bond motifs is 1. The van der Waals surface area contributed by atoms with Crippen LogP contribution in [0.4, 0.5) is 9.59 Å². The molecule has 2 unspecified atom stereocenters. The maximum atomic E-state index is 14.4. The molecule has 0 saturated carbocycles. The van der Waals surface area contributed by atoms with E-state index < -0.39 is 108 Å². The van der Waals surface area contributed by atoms with Crippen LogP contribution in [0.2, 0.25) is 0 Å². The number of aliphatic hydroxyl groups excluding tert-OH is 2. The zero-order valence-electron chi connectivity index (χ0n) is 35.1. The van der Waals surface area contributed by atoms with Crippen LogP contribution in [0.15, 0.2) is 0 Å². The van der Waals surface area contributed by atoms with E-state index in [1.54, 1.807) is 48.5 Å². The third kappa shape index (κ3) is 9.77. The van der Waals surface area contributed by atoms with Crippen LogP contribution in [-0.4, -0.2) is 139 Å². The molecule has 0 radical (unpaired) electrons. The van der Waals surface area contributed by atoms with Crippen molar-refractivity contribution in [3.8, 4) is 0 Å². The van der Waals surface area contributed by atoms with Gasteiger partial charge in [-0.05, 0) is 68.0 Å². The van der Waals surface area contributed by atoms with Gasteiger partial charge >= 0.3 is 12.2 Å². The van der Waals surface area contributed by atoms with Gasteiger partial charge in [-0.15, -0.1) is 0 Å². The fourth-order valence-electron chi connectivity index (χ4n) is 9.55. The second-order valence-corrected chi connectivity index (χ2v) is 17.4. The van der Waals surface area contributed by atoms with Gasteiger partial charge in [-0.3, -0.25) is 4.79 Å². The number of hydrogen-bond acceptors (Lipinski definition) is 14. The number of carbonyl (C=O) groups is 3. The molecule has 0 aromatic rings. The summed E-state index contributed by atoms with van der Waals surface area (Å²) in [6.45, 7) is 17.8. The highest BCUT2D eigenvalue weighted by molar-refractivity contribution is 5.85. The van der Waals surface area contributed by atoms with Crippen molar-refractivity contribution in [1.82, 2.24) is 10.2 Å². The van der Waals surface area contributed by atoms with Crippen molar-refractivity contribution in [3.63, 3.8) is 0 Å². The molecular formula is C39H69N3O13. The Morgan fingerprint density at radius 3 is 2.16 bits per heavy atom. The van der Waals surface area contributed by atoms with E-state index in [-0.39, 0.29) is 30.8 Å². The van der Waals surface area contributed by atoms with E-state index >= 15 is 0 Å². The number of hydrogen-bond donors (Lipinski definition) is 4. The number of aliphatic hydroxyl groups is 2. The Labute approximate surface area is 326 Å². The predicted octanol–water partition coefficient (Wildman–Crippen LogP) is 3.46. The van der Waals surface area contributed by atoms with E-state index in [1.165, 1.54) is 7.11 Å². The van der Waals surface area contributed by atoms with E-state index in [0.717, 1.165) is 6.42 Å². The minimum absolute atomic E-state index is 0.0198. The van der Waals surface area contributed by atoms with Crippen LogP contribution >= 0.6 is 0 Å². The lowest BCUT2D eigenvalue weighted by Gasteiger charge is -2.49. The van der Waals surface area contributed by atoms with Crippen molar-refractivity contribution in [3.05, 3.63) is 0 Å². The highest BCUT2D eigenvalue weighted by Crippen LogP contribution is 2.43. The first-order valence-electron chi connectivity index (χ1n) is 19.9. The second-order valence-electron chi connectivity index (χ2n) is 17.4. The number of nitrogens with zero attached hydrogens (tertiary/aromatic N) is 1. The third-order valence-corrected chi connectivity index (χ3v) is 12.8. The number of amides is 2. The summed E-state index contributed by atoms with van der Waals surface area (Å²) in [5.41, 5.74) is 1.86. The Bertz CT molecular complexity index is 1340. The molecule has 4 aliphatic rings. The Morgan fingerprint density at radius 1 is 0.927 bits per heavy atom. The molecule has 0 aromatic heterocycles. The fraction of sp³-hybridized carbons (Fsp3) is 0.923. The molecule has 5 N–H and O–H groups in total. The number of methoxy groups -OCH3 is 1. The molecule has 4 aliphatic heterocycles. The van der Waals surface area contributed by atoms with Crippen molar-refractivity contribution in [2.24, 2.45) is 29.4 Å². The van der Waals surface area contributed by atoms with Crippen LogP contribution in [0.3, 0.4) is 0 Å². The molecule has 2 amide bonds. The highest BCUT2D eigenvalue weighted by atomic mass is 16.7. The van der Waals surface area contributed by atoms with Gasteiger partial charge in [0.05, 0.1) is 30.0 Å². The molecule has 4 heterocycles. The summed E-state index contributed by atoms with van der Waals surface area (Å²) in [7, 11) is 5.50. The SMILES string of the molecule is CC[C@H]1OC(O)[C@H](C)[C@@H](OC2C[C@@](C)(OC)[C@@H](O)[C@H](C)O2)[C@H](C)[C@@H](O[C@H]2C[C@@H](N(C)C)C[C@@H](C)O2)[C@](C)(OC(N)=O)C[C@@H](C)C(=O)[C@H](C)[C@H]2NC(=O)O[C@@]21C. The van der Waals surface area contributed by atoms with Crippen molar-refractivity contribution in [2.45, 2.75) is 186 Å². The molecule has 16 heteroatoms. The van der Waals surface area contributed by atoms with Gasteiger partial charge in [0.2, 0.25) is 0 Å². The predicted molar refractivity (Wildman–Crippen MR) is 199 cm³/mol. The summed E-state index contributed by atoms with van der Waals surface area (Å²) in [4.78, 5) is 42.2. The first-order valence-corrected chi connectivity index (χ1v) is 19.9. The summed E-state index contributed by atoms with van der Waals surface area (Å²) < 4.78 is 50.4. The lowest BCUT2D eigenvalue weighted by molar-refractivity contribution is -0.318. The molecule has 0 spiro atoms. The van der Waals surface area contributed by atoms with E-state index in [1.807, 2.05) is 34.9 Å². The number of Topliss-reactive ketones (excluding diaryl/α,β-unsaturated/α-hetero) is 1. The van der Waals surface area contributed by atoms with Gasteiger partial charge in [-0.2, -0.15) is 0 Å². The van der Waals surface area contributed by atoms with Crippen molar-refractivity contribution >= 4 is 18.0 Å². The molecule has 55 heavy (non-hydrogen) atoms. The molecule has 4 fully saturated rings. The van der Waals surface area contributed by atoms with Gasteiger partial charge < -0.3 is 64.1 Å². The maximum Gasteiger partial charge on any atom is 0.408 e. The van der Waals surface area contributed by atoms with Crippen LogP contribution in [-0.2, 0) is 42.7 Å². The summed E-state index contributed by atoms with van der Waals surface area (Å²) in [6, 6.07) is -0.699. The Hall–Kier alpha value is -2.15. The Kier molecular flexibility index (Phi) is 14.7. The first-order chi connectivity index (χ1) is 25.5. The molecule has 18 atom stereocenters. The number of alkyl carbamates (subject to hydrolysis) is 1. The summed E-state index contributed by atoms with van der Waals surface area (Å²) in [6.07, 6.45) is -7.86. The van der Waals surface area contributed by atoms with E-state index in [9.17, 15) is 24.6 Å². The number of ketones is 1. The number of ether oxygens (including phenoxy) is 8. The van der Waals surface area contributed by atoms with Crippen LogP contribution < -0.4 is 11.1 Å². The monoisotopic (exact) mass is 787 g/mol. The van der Waals surface area contributed by atoms with Gasteiger partial charge in [-0.1, -0.05) is 34.6 Å². The lowest BCUT2D eigenvalue weighted by atomic mass is 9.73. The average molecular weight is 788 g/mol. The standard InChI is InChI=1S/C39H69N3O13/c1-14-26-39(10)31(41-36(47)55-39)21(4)29(43)19(2)17-38(9,54-35(40)46)33(53-27-16-25(42(11)12)15-20(3)49-27)22(5)30(23(6)34(45)51-26)52-28-18-37(8,48-13)32(44)24(7)50-28/h19-28,30-34,44-45H,14-18H2,1-13H3,(H2,40,46)(H,41,47)/t19-,20-,21+,22+,23-,24+,25+,26-,27+,28?,30+,31-,32+,33-,34?,37-,38-,39-/m1/s1. The molecule has 0 bridgehead atoms. The molecule has 16 nitrogen and oxygen atoms in total. The van der Waals surface area contributed by atoms with Crippen molar-refractivity contribution < 1.29 is 62.5 Å². The molecule has 0 aromatic carbocycles. The van der Waals surface area contributed by atoms with Gasteiger partial charge in [0.1, 0.15) is 29.7 Å².